The monoisotopic (exact) mass is 358 g/mol. The average Bonchev–Trinajstić information content (AvgIpc) is 2.96. The number of hydrogen-bond acceptors (Lipinski definition) is 5. The van der Waals surface area contributed by atoms with Crippen LogP contribution in [0.2, 0.25) is 0 Å². The topological polar surface area (TPSA) is 80.1 Å². The minimum atomic E-state index is -0.0826. The van der Waals surface area contributed by atoms with Gasteiger partial charge in [-0.3, -0.25) is 4.79 Å². The minimum Gasteiger partial charge on any atom is -0.452 e. The van der Waals surface area contributed by atoms with Gasteiger partial charge in [-0.15, -0.1) is 0 Å². The summed E-state index contributed by atoms with van der Waals surface area (Å²) < 4.78 is 6.09. The van der Waals surface area contributed by atoms with Crippen molar-refractivity contribution in [2.24, 2.45) is 0 Å². The summed E-state index contributed by atoms with van der Waals surface area (Å²) in [5.41, 5.74) is 4.97. The van der Waals surface area contributed by atoms with Gasteiger partial charge in [-0.1, -0.05) is 24.3 Å². The van der Waals surface area contributed by atoms with Crippen LogP contribution in [0.5, 0.6) is 0 Å². The molecular formula is C21H18N4O2. The molecule has 134 valence electrons. The van der Waals surface area contributed by atoms with E-state index in [1.165, 1.54) is 0 Å². The molecule has 2 aliphatic rings. The van der Waals surface area contributed by atoms with Crippen molar-refractivity contribution in [2.45, 2.75) is 26.2 Å². The van der Waals surface area contributed by atoms with Gasteiger partial charge in [0.15, 0.2) is 5.76 Å². The van der Waals surface area contributed by atoms with Crippen LogP contribution >= 0.6 is 0 Å². The number of nitrogens with zero attached hydrogens (tertiary/aromatic N) is 2. The Morgan fingerprint density at radius 2 is 2.04 bits per heavy atom. The third-order valence-corrected chi connectivity index (χ3v) is 4.91. The number of rotatable bonds is 2. The molecule has 0 saturated heterocycles. The molecule has 0 spiro atoms. The quantitative estimate of drug-likeness (QED) is 0.736. The van der Waals surface area contributed by atoms with Crippen molar-refractivity contribution in [1.82, 2.24) is 9.97 Å². The molecule has 2 aromatic heterocycles. The molecule has 0 radical (unpaired) electrons. The summed E-state index contributed by atoms with van der Waals surface area (Å²) in [5, 5.41) is 7.19. The second kappa shape index (κ2) is 6.09. The molecular weight excluding hydrogens is 340 g/mol. The lowest BCUT2D eigenvalue weighted by Gasteiger charge is -2.10. The molecule has 0 unspecified atom stereocenters. The molecule has 6 heteroatoms. The van der Waals surface area contributed by atoms with Crippen molar-refractivity contribution in [1.29, 1.82) is 0 Å². The van der Waals surface area contributed by atoms with Gasteiger partial charge in [0, 0.05) is 22.7 Å². The smallest absolute Gasteiger partial charge is 0.229 e. The predicted octanol–water partition coefficient (Wildman–Crippen LogP) is 2.64. The Morgan fingerprint density at radius 3 is 2.93 bits per heavy atom. The number of anilines is 3. The lowest BCUT2D eigenvalue weighted by molar-refractivity contribution is -0.115. The summed E-state index contributed by atoms with van der Waals surface area (Å²) >= 11 is 0. The number of aromatic nitrogens is 2. The first-order chi connectivity index (χ1) is 13.2. The molecule has 0 fully saturated rings. The predicted molar refractivity (Wildman–Crippen MR) is 104 cm³/mol. The van der Waals surface area contributed by atoms with Crippen molar-refractivity contribution < 1.29 is 9.21 Å². The number of amides is 1. The zero-order valence-electron chi connectivity index (χ0n) is 14.9. The fourth-order valence-corrected chi connectivity index (χ4v) is 3.53. The molecule has 3 aromatic rings. The van der Waals surface area contributed by atoms with Gasteiger partial charge >= 0.3 is 0 Å². The first kappa shape index (κ1) is 15.8. The zero-order valence-corrected chi connectivity index (χ0v) is 14.9. The number of carbonyl (C=O) groups excluding carboxylic acids is 1. The third kappa shape index (κ3) is 2.70. The maximum Gasteiger partial charge on any atom is 0.229 e. The van der Waals surface area contributed by atoms with Crippen molar-refractivity contribution >= 4 is 35.4 Å². The van der Waals surface area contributed by atoms with Crippen LogP contribution in [0.3, 0.4) is 0 Å². The lowest BCUT2D eigenvalue weighted by Crippen LogP contribution is -2.26. The highest BCUT2D eigenvalue weighted by atomic mass is 16.3. The van der Waals surface area contributed by atoms with Gasteiger partial charge in [0.05, 0.1) is 12.1 Å². The van der Waals surface area contributed by atoms with E-state index in [0.717, 1.165) is 40.3 Å². The number of aryl methyl sites for hydroxylation is 1. The number of benzene rings is 1. The lowest BCUT2D eigenvalue weighted by atomic mass is 10.1. The fourth-order valence-electron chi connectivity index (χ4n) is 3.53. The first-order valence-electron chi connectivity index (χ1n) is 9.01. The summed E-state index contributed by atoms with van der Waals surface area (Å²) in [7, 11) is 0. The normalized spacial score (nSPS) is 14.6. The standard InChI is InChI=1S/C21H18N4O2/c1-12-6-2-4-8-15(12)23-21-22-11-13-10-17(26)24-19-14-7-3-5-9-16(14)27-20(19)18(13)25-21/h2,4,6-9,11H,3,5,10H2,1H3,(H,24,26)(H,22,23,25). The Balaban J connectivity index is 1.66. The number of para-hydroxylation sites is 1. The molecule has 1 aromatic carbocycles. The summed E-state index contributed by atoms with van der Waals surface area (Å²) in [6, 6.07) is 7.96. The zero-order chi connectivity index (χ0) is 18.4. The summed E-state index contributed by atoms with van der Waals surface area (Å²) in [6.45, 7) is 2.03. The Hall–Kier alpha value is -3.41. The van der Waals surface area contributed by atoms with E-state index in [0.29, 0.717) is 23.1 Å². The summed E-state index contributed by atoms with van der Waals surface area (Å²) in [6.07, 6.45) is 7.96. The van der Waals surface area contributed by atoms with Gasteiger partial charge in [0.25, 0.3) is 0 Å². The second-order valence-corrected chi connectivity index (χ2v) is 6.80. The minimum absolute atomic E-state index is 0.0826. The SMILES string of the molecule is Cc1ccccc1Nc1ncc2c(n1)-c1oc3c(c1NC(=O)C2)=CCCC=3. The molecule has 1 amide bonds. The second-order valence-electron chi connectivity index (χ2n) is 6.80. The van der Waals surface area contributed by atoms with E-state index < -0.39 is 0 Å². The highest BCUT2D eigenvalue weighted by Crippen LogP contribution is 2.31. The van der Waals surface area contributed by atoms with E-state index in [1.807, 2.05) is 31.2 Å². The van der Waals surface area contributed by atoms with Crippen LogP contribution in [-0.4, -0.2) is 15.9 Å². The Labute approximate surface area is 155 Å². The largest absolute Gasteiger partial charge is 0.452 e. The van der Waals surface area contributed by atoms with E-state index in [4.69, 9.17) is 9.40 Å². The van der Waals surface area contributed by atoms with Crippen LogP contribution in [0, 0.1) is 6.92 Å². The van der Waals surface area contributed by atoms with Gasteiger partial charge in [-0.05, 0) is 37.5 Å². The number of furan rings is 1. The molecule has 1 aliphatic carbocycles. The fraction of sp³-hybridized carbons (Fsp3) is 0.190. The average molecular weight is 358 g/mol. The molecule has 1 aliphatic heterocycles. The molecule has 0 bridgehead atoms. The molecule has 27 heavy (non-hydrogen) atoms. The molecule has 2 N–H and O–H groups in total. The van der Waals surface area contributed by atoms with Crippen LogP contribution < -0.4 is 21.3 Å². The van der Waals surface area contributed by atoms with E-state index in [1.54, 1.807) is 6.20 Å². The Kier molecular flexibility index (Phi) is 3.57. The van der Waals surface area contributed by atoms with Crippen molar-refractivity contribution in [3.8, 4) is 11.5 Å². The Bertz CT molecular complexity index is 1190. The maximum absolute atomic E-state index is 12.4. The van der Waals surface area contributed by atoms with Crippen LogP contribution in [0.4, 0.5) is 17.3 Å². The van der Waals surface area contributed by atoms with Gasteiger partial charge in [0.1, 0.15) is 11.1 Å². The highest BCUT2D eigenvalue weighted by molar-refractivity contribution is 5.99. The van der Waals surface area contributed by atoms with Gasteiger partial charge in [-0.2, -0.15) is 0 Å². The molecule has 0 saturated carbocycles. The number of fused-ring (bicyclic) bond motifs is 5. The van der Waals surface area contributed by atoms with E-state index in [2.05, 4.69) is 27.8 Å². The third-order valence-electron chi connectivity index (χ3n) is 4.91. The van der Waals surface area contributed by atoms with E-state index >= 15 is 0 Å². The van der Waals surface area contributed by atoms with E-state index in [9.17, 15) is 4.79 Å². The van der Waals surface area contributed by atoms with Gasteiger partial charge < -0.3 is 15.1 Å². The highest BCUT2D eigenvalue weighted by Gasteiger charge is 2.26. The van der Waals surface area contributed by atoms with Crippen molar-refractivity contribution in [3.05, 3.63) is 52.2 Å². The summed E-state index contributed by atoms with van der Waals surface area (Å²) in [4.78, 5) is 21.5. The van der Waals surface area contributed by atoms with Crippen molar-refractivity contribution in [3.63, 3.8) is 0 Å². The van der Waals surface area contributed by atoms with Crippen molar-refractivity contribution in [2.75, 3.05) is 10.6 Å². The van der Waals surface area contributed by atoms with E-state index in [-0.39, 0.29) is 12.3 Å². The van der Waals surface area contributed by atoms with Crippen LogP contribution in [0.25, 0.3) is 23.6 Å². The first-order valence-corrected chi connectivity index (χ1v) is 9.01. The number of carbonyl (C=O) groups is 1. The molecule has 3 heterocycles. The number of hydrogen-bond donors (Lipinski definition) is 2. The molecule has 0 atom stereocenters. The van der Waals surface area contributed by atoms with Gasteiger partial charge in [-0.25, -0.2) is 9.97 Å². The van der Waals surface area contributed by atoms with Crippen LogP contribution in [-0.2, 0) is 11.2 Å². The molecule has 6 nitrogen and oxygen atoms in total. The summed E-state index contributed by atoms with van der Waals surface area (Å²) in [5.74, 6) is 0.997. The van der Waals surface area contributed by atoms with Gasteiger partial charge in [0.2, 0.25) is 11.9 Å². The maximum atomic E-state index is 12.4. The number of nitrogens with one attached hydrogen (secondary N) is 2. The van der Waals surface area contributed by atoms with Crippen LogP contribution in [0.1, 0.15) is 24.0 Å². The molecule has 5 rings (SSSR count). The Morgan fingerprint density at radius 1 is 1.19 bits per heavy atom. The van der Waals surface area contributed by atoms with Crippen LogP contribution in [0.15, 0.2) is 34.9 Å².